The van der Waals surface area contributed by atoms with Crippen LogP contribution in [-0.2, 0) is 9.59 Å². The summed E-state index contributed by atoms with van der Waals surface area (Å²) in [5.74, 6) is -1.78. The molecule has 0 spiro atoms. The molecule has 116 valence electrons. The zero-order valence-electron chi connectivity index (χ0n) is 12.5. The van der Waals surface area contributed by atoms with Gasteiger partial charge < -0.3 is 5.11 Å². The van der Waals surface area contributed by atoms with Gasteiger partial charge in [0.05, 0.1) is 11.4 Å². The first-order valence-electron chi connectivity index (χ1n) is 6.85. The average molecular weight is 327 g/mol. The van der Waals surface area contributed by atoms with Crippen molar-refractivity contribution in [2.24, 2.45) is 0 Å². The molecule has 1 N–H and O–H groups in total. The van der Waals surface area contributed by atoms with E-state index in [2.05, 4.69) is 10.1 Å². The summed E-state index contributed by atoms with van der Waals surface area (Å²) in [4.78, 5) is 28.1. The number of carbonyl (C=O) groups is 2. The molecule has 3 aromatic rings. The Hall–Kier alpha value is -2.80. The third-order valence-electron chi connectivity index (χ3n) is 3.28. The first-order valence-corrected chi connectivity index (χ1v) is 7.66. The molecule has 0 aliphatic rings. The van der Waals surface area contributed by atoms with E-state index in [1.165, 1.54) is 24.3 Å². The van der Waals surface area contributed by atoms with Crippen molar-refractivity contribution in [2.75, 3.05) is 0 Å². The maximum Gasteiger partial charge on any atom is 0.339 e. The first-order chi connectivity index (χ1) is 11.0. The van der Waals surface area contributed by atoms with Crippen LogP contribution < -0.4 is 0 Å². The van der Waals surface area contributed by atoms with Crippen LogP contribution in [-0.4, -0.2) is 31.5 Å². The van der Waals surface area contributed by atoms with Gasteiger partial charge in [-0.3, -0.25) is 4.79 Å². The number of imidazole rings is 1. The van der Waals surface area contributed by atoms with Crippen molar-refractivity contribution in [2.45, 2.75) is 13.8 Å². The van der Waals surface area contributed by atoms with Crippen LogP contribution in [0.2, 0.25) is 0 Å². The Bertz CT molecular complexity index is 922. The number of rotatable bonds is 4. The van der Waals surface area contributed by atoms with Crippen LogP contribution >= 0.6 is 11.3 Å². The van der Waals surface area contributed by atoms with E-state index >= 15 is 0 Å². The van der Waals surface area contributed by atoms with E-state index in [0.29, 0.717) is 16.3 Å². The molecule has 2 aromatic heterocycles. The minimum absolute atomic E-state index is 0.297. The number of carboxylic acids is 1. The van der Waals surface area contributed by atoms with Crippen LogP contribution in [0.15, 0.2) is 35.9 Å². The highest BCUT2D eigenvalue weighted by Crippen LogP contribution is 2.28. The summed E-state index contributed by atoms with van der Waals surface area (Å²) in [6.07, 6.45) is 1.34. The van der Waals surface area contributed by atoms with Crippen LogP contribution in [0.3, 0.4) is 0 Å². The number of hydrogen-bond donors (Lipinski definition) is 1. The molecule has 0 saturated heterocycles. The Labute approximate surface area is 135 Å². The quantitative estimate of drug-likeness (QED) is 0.452. The van der Waals surface area contributed by atoms with Crippen LogP contribution in [0, 0.1) is 6.92 Å². The average Bonchev–Trinajstić information content (AvgIpc) is 3.01. The highest BCUT2D eigenvalue weighted by atomic mass is 32.1. The molecule has 0 aliphatic carbocycles. The van der Waals surface area contributed by atoms with Crippen LogP contribution in [0.25, 0.3) is 22.3 Å². The molecule has 0 unspecified atom stereocenters. The maximum atomic E-state index is 11.6. The van der Waals surface area contributed by atoms with Crippen molar-refractivity contribution in [3.8, 4) is 11.3 Å². The van der Waals surface area contributed by atoms with E-state index < -0.39 is 11.8 Å². The number of aromatic nitrogens is 3. The van der Waals surface area contributed by atoms with Gasteiger partial charge in [-0.2, -0.15) is 5.10 Å². The normalized spacial score (nSPS) is 11.8. The molecular weight excluding hydrogens is 314 g/mol. The molecule has 0 amide bonds. The predicted octanol–water partition coefficient (Wildman–Crippen LogP) is 2.82. The lowest BCUT2D eigenvalue weighted by Gasteiger charge is -2.01. The van der Waals surface area contributed by atoms with Gasteiger partial charge in [-0.15, -0.1) is 0 Å². The van der Waals surface area contributed by atoms with Crippen molar-refractivity contribution in [3.63, 3.8) is 0 Å². The molecule has 0 saturated carbocycles. The number of carboxylic acid groups (broad SMARTS) is 1. The van der Waals surface area contributed by atoms with E-state index in [1.54, 1.807) is 4.52 Å². The second-order valence-corrected chi connectivity index (χ2v) is 6.11. The van der Waals surface area contributed by atoms with Crippen LogP contribution in [0.1, 0.15) is 17.6 Å². The molecule has 0 aliphatic heterocycles. The molecule has 0 radical (unpaired) electrons. The van der Waals surface area contributed by atoms with Crippen LogP contribution in [0.4, 0.5) is 0 Å². The summed E-state index contributed by atoms with van der Waals surface area (Å²) >= 11 is 1.40. The fraction of sp³-hybridized carbons (Fsp3) is 0.125. The van der Waals surface area contributed by atoms with Crippen molar-refractivity contribution in [1.29, 1.82) is 0 Å². The van der Waals surface area contributed by atoms with Crippen molar-refractivity contribution >= 4 is 34.1 Å². The molecule has 6 nitrogen and oxygen atoms in total. The maximum absolute atomic E-state index is 11.6. The summed E-state index contributed by atoms with van der Waals surface area (Å²) in [6, 6.07) is 9.39. The van der Waals surface area contributed by atoms with Crippen LogP contribution in [0.5, 0.6) is 0 Å². The third-order valence-corrected chi connectivity index (χ3v) is 4.10. The Balaban J connectivity index is 2.30. The molecule has 1 aromatic carbocycles. The van der Waals surface area contributed by atoms with Gasteiger partial charge in [-0.05, 0) is 19.9 Å². The highest BCUT2D eigenvalue weighted by molar-refractivity contribution is 7.16. The zero-order valence-corrected chi connectivity index (χ0v) is 13.3. The fourth-order valence-corrected chi connectivity index (χ4v) is 3.00. The third kappa shape index (κ3) is 2.78. The number of nitrogens with zero attached hydrogens (tertiary/aromatic N) is 3. The lowest BCUT2D eigenvalue weighted by Crippen LogP contribution is -2.09. The van der Waals surface area contributed by atoms with Crippen molar-refractivity contribution in [1.82, 2.24) is 14.6 Å². The number of ketones is 1. The number of aryl methyl sites for hydroxylation is 1. The molecule has 7 heteroatoms. The first kappa shape index (κ1) is 15.1. The standard InChI is InChI=1S/C16H13N3O3S/c1-9(20)12(15(21)22)8-13-14(11-6-4-3-5-7-11)17-16-19(13)18-10(2)23-16/h3-8H,1-2H3,(H,21,22)/b12-8+. The summed E-state index contributed by atoms with van der Waals surface area (Å²) < 4.78 is 1.58. The van der Waals surface area contributed by atoms with Gasteiger partial charge in [-0.25, -0.2) is 14.3 Å². The number of Topliss-reactive ketones (excluding diaryl/α,β-unsaturated/α-hetero) is 1. The summed E-state index contributed by atoms with van der Waals surface area (Å²) in [6.45, 7) is 3.07. The second-order valence-electron chi connectivity index (χ2n) is 4.95. The molecule has 0 atom stereocenters. The number of carbonyl (C=O) groups excluding carboxylic acids is 1. The molecule has 2 heterocycles. The van der Waals surface area contributed by atoms with Gasteiger partial charge in [-0.1, -0.05) is 41.7 Å². The fourth-order valence-electron chi connectivity index (χ4n) is 2.25. The van der Waals surface area contributed by atoms with E-state index in [-0.39, 0.29) is 5.57 Å². The van der Waals surface area contributed by atoms with Gasteiger partial charge in [0.2, 0.25) is 4.96 Å². The molecule has 23 heavy (non-hydrogen) atoms. The van der Waals surface area contributed by atoms with Gasteiger partial charge in [0.1, 0.15) is 10.6 Å². The molecule has 0 bridgehead atoms. The second kappa shape index (κ2) is 5.77. The summed E-state index contributed by atoms with van der Waals surface area (Å²) in [7, 11) is 0. The summed E-state index contributed by atoms with van der Waals surface area (Å²) in [5, 5.41) is 14.4. The number of hydrogen-bond acceptors (Lipinski definition) is 5. The van der Waals surface area contributed by atoms with Gasteiger partial charge in [0.25, 0.3) is 0 Å². The molecular formula is C16H13N3O3S. The van der Waals surface area contributed by atoms with E-state index in [1.807, 2.05) is 37.3 Å². The van der Waals surface area contributed by atoms with Crippen molar-refractivity contribution in [3.05, 3.63) is 46.6 Å². The Morgan fingerprint density at radius 1 is 1.26 bits per heavy atom. The molecule has 3 rings (SSSR count). The smallest absolute Gasteiger partial charge is 0.339 e. The van der Waals surface area contributed by atoms with Gasteiger partial charge in [0.15, 0.2) is 5.78 Å². The number of benzene rings is 1. The van der Waals surface area contributed by atoms with Gasteiger partial charge in [0, 0.05) is 5.56 Å². The monoisotopic (exact) mass is 327 g/mol. The topological polar surface area (TPSA) is 84.6 Å². The predicted molar refractivity (Wildman–Crippen MR) is 87.3 cm³/mol. The zero-order chi connectivity index (χ0) is 16.6. The summed E-state index contributed by atoms with van der Waals surface area (Å²) in [5.41, 5.74) is 1.63. The Morgan fingerprint density at radius 2 is 1.96 bits per heavy atom. The van der Waals surface area contributed by atoms with E-state index in [4.69, 9.17) is 0 Å². The Kier molecular flexibility index (Phi) is 3.79. The van der Waals surface area contributed by atoms with Crippen molar-refractivity contribution < 1.29 is 14.7 Å². The number of fused-ring (bicyclic) bond motifs is 1. The lowest BCUT2D eigenvalue weighted by molar-refractivity contribution is -0.134. The minimum Gasteiger partial charge on any atom is -0.478 e. The SMILES string of the molecule is CC(=O)/C(=C\c1c(-c2ccccc2)nc2sc(C)nn12)C(=O)O. The van der Waals surface area contributed by atoms with Gasteiger partial charge >= 0.3 is 5.97 Å². The highest BCUT2D eigenvalue weighted by Gasteiger charge is 2.20. The minimum atomic E-state index is -1.27. The van der Waals surface area contributed by atoms with E-state index in [9.17, 15) is 14.7 Å². The number of aliphatic carboxylic acids is 1. The molecule has 0 fully saturated rings. The lowest BCUT2D eigenvalue weighted by atomic mass is 10.1. The Morgan fingerprint density at radius 3 is 2.57 bits per heavy atom. The largest absolute Gasteiger partial charge is 0.478 e. The van der Waals surface area contributed by atoms with E-state index in [0.717, 1.165) is 10.6 Å².